The molecule has 1 aliphatic rings. The molecule has 1 heterocycles. The number of hydrogen-bond acceptors (Lipinski definition) is 1. The summed E-state index contributed by atoms with van der Waals surface area (Å²) in [7, 11) is 0. The van der Waals surface area contributed by atoms with Crippen LogP contribution < -0.4 is 5.32 Å². The first-order valence-electron chi connectivity index (χ1n) is 4.52. The van der Waals surface area contributed by atoms with Gasteiger partial charge in [0.2, 0.25) is 0 Å². The quantitative estimate of drug-likeness (QED) is 0.611. The van der Waals surface area contributed by atoms with Gasteiger partial charge in [-0.3, -0.25) is 0 Å². The van der Waals surface area contributed by atoms with Gasteiger partial charge in [-0.1, -0.05) is 26.3 Å². The molecule has 1 aliphatic heterocycles. The molecule has 0 bridgehead atoms. The Balaban J connectivity index is 2.25. The lowest BCUT2D eigenvalue weighted by Gasteiger charge is -2.08. The third kappa shape index (κ3) is 2.44. The van der Waals surface area contributed by atoms with Crippen LogP contribution in [0.25, 0.3) is 0 Å². The molecule has 0 aromatic heterocycles. The Morgan fingerprint density at radius 1 is 1.73 bits per heavy atom. The van der Waals surface area contributed by atoms with Crippen LogP contribution in [-0.4, -0.2) is 6.04 Å². The van der Waals surface area contributed by atoms with Crippen molar-refractivity contribution in [2.45, 2.75) is 45.1 Å². The van der Waals surface area contributed by atoms with Gasteiger partial charge in [0.15, 0.2) is 0 Å². The summed E-state index contributed by atoms with van der Waals surface area (Å²) in [6.07, 6.45) is 6.37. The monoisotopic (exact) mass is 151 g/mol. The lowest BCUT2D eigenvalue weighted by Crippen LogP contribution is -2.19. The van der Waals surface area contributed by atoms with E-state index in [1.807, 2.05) is 0 Å². The summed E-state index contributed by atoms with van der Waals surface area (Å²) in [6.45, 7) is 5.87. The van der Waals surface area contributed by atoms with Crippen molar-refractivity contribution in [3.63, 3.8) is 0 Å². The lowest BCUT2D eigenvalue weighted by atomic mass is 10.1. The first-order chi connectivity index (χ1) is 5.36. The van der Waals surface area contributed by atoms with Gasteiger partial charge in [0.1, 0.15) is 0 Å². The van der Waals surface area contributed by atoms with E-state index in [9.17, 15) is 0 Å². The molecular formula is C10H17N. The van der Waals surface area contributed by atoms with E-state index in [1.54, 1.807) is 0 Å². The molecule has 1 heteroatoms. The first kappa shape index (κ1) is 8.42. The molecule has 1 atom stereocenters. The van der Waals surface area contributed by atoms with Crippen molar-refractivity contribution in [3.8, 4) is 0 Å². The number of allylic oxidation sites excluding steroid dienone is 1. The predicted octanol–water partition coefficient (Wildman–Crippen LogP) is 2.60. The van der Waals surface area contributed by atoms with Gasteiger partial charge in [-0.2, -0.15) is 0 Å². The zero-order valence-electron chi connectivity index (χ0n) is 7.32. The van der Waals surface area contributed by atoms with Crippen LogP contribution >= 0.6 is 0 Å². The largest absolute Gasteiger partial charge is 0.379 e. The number of unbranched alkanes of at least 4 members (excludes halogenated alkanes) is 1. The van der Waals surface area contributed by atoms with Crippen molar-refractivity contribution in [1.29, 1.82) is 0 Å². The minimum atomic E-state index is 0.708. The molecule has 1 rings (SSSR count). The van der Waals surface area contributed by atoms with Crippen molar-refractivity contribution < 1.29 is 0 Å². The van der Waals surface area contributed by atoms with E-state index in [0.29, 0.717) is 6.04 Å². The lowest BCUT2D eigenvalue weighted by molar-refractivity contribution is 0.540. The van der Waals surface area contributed by atoms with Crippen molar-refractivity contribution in [2.24, 2.45) is 0 Å². The zero-order chi connectivity index (χ0) is 8.10. The van der Waals surface area contributed by atoms with E-state index in [2.05, 4.69) is 24.6 Å². The number of hydrogen-bond donors (Lipinski definition) is 1. The summed E-state index contributed by atoms with van der Waals surface area (Å²) < 4.78 is 0. The van der Waals surface area contributed by atoms with Crippen LogP contribution in [0.3, 0.4) is 0 Å². The molecule has 62 valence electrons. The van der Waals surface area contributed by atoms with Crippen LogP contribution in [0.2, 0.25) is 0 Å². The highest BCUT2D eigenvalue weighted by molar-refractivity contribution is 5.04. The summed E-state index contributed by atoms with van der Waals surface area (Å²) in [6, 6.07) is 0.708. The Labute approximate surface area is 69.2 Å². The second kappa shape index (κ2) is 4.25. The molecule has 1 N–H and O–H groups in total. The highest BCUT2D eigenvalue weighted by Crippen LogP contribution is 2.18. The van der Waals surface area contributed by atoms with Crippen LogP contribution in [-0.2, 0) is 0 Å². The van der Waals surface area contributed by atoms with Gasteiger partial charge in [-0.25, -0.2) is 0 Å². The second-order valence-electron chi connectivity index (χ2n) is 3.18. The summed E-state index contributed by atoms with van der Waals surface area (Å²) in [5.74, 6) is 0. The van der Waals surface area contributed by atoms with E-state index in [0.717, 1.165) is 6.42 Å². The maximum absolute atomic E-state index is 3.63. The molecule has 0 spiro atoms. The summed E-state index contributed by atoms with van der Waals surface area (Å²) in [4.78, 5) is 0. The van der Waals surface area contributed by atoms with Crippen molar-refractivity contribution in [3.05, 3.63) is 18.0 Å². The number of rotatable bonds is 3. The molecule has 0 saturated carbocycles. The molecule has 0 amide bonds. The van der Waals surface area contributed by atoms with Crippen LogP contribution in [0, 0.1) is 0 Å². The third-order valence-electron chi connectivity index (χ3n) is 2.24. The molecule has 1 nitrogen and oxygen atoms in total. The van der Waals surface area contributed by atoms with Crippen LogP contribution in [0.5, 0.6) is 0 Å². The van der Waals surface area contributed by atoms with Gasteiger partial charge in [-0.15, -0.1) is 5.73 Å². The highest BCUT2D eigenvalue weighted by atomic mass is 14.9. The molecule has 1 fully saturated rings. The van der Waals surface area contributed by atoms with Crippen LogP contribution in [0.4, 0.5) is 0 Å². The SMILES string of the molecule is C=C=C1CCC(CCCC)N1. The maximum atomic E-state index is 3.63. The molecule has 1 saturated heterocycles. The highest BCUT2D eigenvalue weighted by Gasteiger charge is 2.16. The average Bonchev–Trinajstić information content (AvgIpc) is 2.48. The average molecular weight is 151 g/mol. The Hall–Kier alpha value is -0.680. The normalized spacial score (nSPS) is 23.0. The molecule has 0 aromatic carbocycles. The molecule has 0 aromatic rings. The maximum Gasteiger partial charge on any atom is 0.0534 e. The summed E-state index contributed by atoms with van der Waals surface area (Å²) in [5.41, 5.74) is 4.14. The van der Waals surface area contributed by atoms with Gasteiger partial charge in [-0.05, 0) is 19.3 Å². The topological polar surface area (TPSA) is 12.0 Å². The molecule has 11 heavy (non-hydrogen) atoms. The van der Waals surface area contributed by atoms with Gasteiger partial charge in [0.05, 0.1) is 5.70 Å². The Bertz CT molecular complexity index is 166. The van der Waals surface area contributed by atoms with Gasteiger partial charge in [0, 0.05) is 6.04 Å². The van der Waals surface area contributed by atoms with Gasteiger partial charge >= 0.3 is 0 Å². The minimum Gasteiger partial charge on any atom is -0.379 e. The molecule has 0 aliphatic carbocycles. The van der Waals surface area contributed by atoms with Crippen LogP contribution in [0.1, 0.15) is 39.0 Å². The van der Waals surface area contributed by atoms with Crippen molar-refractivity contribution in [1.82, 2.24) is 5.32 Å². The summed E-state index contributed by atoms with van der Waals surface area (Å²) >= 11 is 0. The molecule has 0 radical (unpaired) electrons. The number of nitrogens with one attached hydrogen (secondary N) is 1. The summed E-state index contributed by atoms with van der Waals surface area (Å²) in [5, 5.41) is 3.42. The minimum absolute atomic E-state index is 0.708. The van der Waals surface area contributed by atoms with E-state index >= 15 is 0 Å². The van der Waals surface area contributed by atoms with Gasteiger partial charge in [0.25, 0.3) is 0 Å². The Morgan fingerprint density at radius 3 is 3.09 bits per heavy atom. The third-order valence-corrected chi connectivity index (χ3v) is 2.24. The molecule has 1 unspecified atom stereocenters. The predicted molar refractivity (Wildman–Crippen MR) is 48.3 cm³/mol. The van der Waals surface area contributed by atoms with Crippen molar-refractivity contribution in [2.75, 3.05) is 0 Å². The van der Waals surface area contributed by atoms with E-state index in [4.69, 9.17) is 0 Å². The Kier molecular flexibility index (Phi) is 3.25. The van der Waals surface area contributed by atoms with E-state index in [-0.39, 0.29) is 0 Å². The fourth-order valence-electron chi connectivity index (χ4n) is 1.52. The smallest absolute Gasteiger partial charge is 0.0534 e. The standard InChI is InChI=1S/C10H17N/c1-3-5-6-10-8-7-9(4-2)11-10/h10-11H,2-3,5-8H2,1H3. The van der Waals surface area contributed by atoms with Gasteiger partial charge < -0.3 is 5.32 Å². The van der Waals surface area contributed by atoms with Crippen LogP contribution in [0.15, 0.2) is 18.0 Å². The fraction of sp³-hybridized carbons (Fsp3) is 0.700. The Morgan fingerprint density at radius 2 is 2.55 bits per heavy atom. The zero-order valence-corrected chi connectivity index (χ0v) is 7.32. The first-order valence-corrected chi connectivity index (χ1v) is 4.52. The fourth-order valence-corrected chi connectivity index (χ4v) is 1.52. The molecular weight excluding hydrogens is 134 g/mol. The second-order valence-corrected chi connectivity index (χ2v) is 3.18. The van der Waals surface area contributed by atoms with Crippen molar-refractivity contribution >= 4 is 0 Å². The van der Waals surface area contributed by atoms with E-state index < -0.39 is 0 Å². The van der Waals surface area contributed by atoms with E-state index in [1.165, 1.54) is 31.4 Å².